The van der Waals surface area contributed by atoms with Crippen LogP contribution >= 0.6 is 0 Å². The number of nitrogens with one attached hydrogen (secondary N) is 1. The van der Waals surface area contributed by atoms with Crippen LogP contribution < -0.4 is 5.32 Å². The summed E-state index contributed by atoms with van der Waals surface area (Å²) in [5.41, 5.74) is 2.36. The number of amides is 1. The van der Waals surface area contributed by atoms with E-state index in [-0.39, 0.29) is 11.9 Å². The number of carbonyl (C=O) groups excluding carboxylic acids is 1. The van der Waals surface area contributed by atoms with Crippen LogP contribution in [0.1, 0.15) is 32.3 Å². The molecule has 0 aliphatic rings. The first kappa shape index (κ1) is 13.7. The predicted molar refractivity (Wildman–Crippen MR) is 79.2 cm³/mol. The molecule has 1 aromatic heterocycles. The van der Waals surface area contributed by atoms with Crippen LogP contribution in [0.15, 0.2) is 30.5 Å². The van der Waals surface area contributed by atoms with Crippen LogP contribution in [0.25, 0.3) is 10.9 Å². The second-order valence-corrected chi connectivity index (χ2v) is 5.26. The fourth-order valence-corrected chi connectivity index (χ4v) is 2.44. The maximum atomic E-state index is 12.0. The third kappa shape index (κ3) is 3.37. The minimum Gasteiger partial charge on any atom is -0.352 e. The van der Waals surface area contributed by atoms with Gasteiger partial charge in [0.25, 0.3) is 0 Å². The molecular formula is C16H22N2O. The second-order valence-electron chi connectivity index (χ2n) is 5.26. The Hall–Kier alpha value is -1.77. The van der Waals surface area contributed by atoms with E-state index in [1.807, 2.05) is 10.8 Å². The minimum atomic E-state index is 0.0824. The summed E-state index contributed by atoms with van der Waals surface area (Å²) in [7, 11) is 0. The lowest BCUT2D eigenvalue weighted by Crippen LogP contribution is -2.34. The highest BCUT2D eigenvalue weighted by molar-refractivity contribution is 5.83. The topological polar surface area (TPSA) is 34.0 Å². The van der Waals surface area contributed by atoms with E-state index >= 15 is 0 Å². The van der Waals surface area contributed by atoms with Gasteiger partial charge in [-0.2, -0.15) is 0 Å². The first-order chi connectivity index (χ1) is 9.10. The van der Waals surface area contributed by atoms with Crippen LogP contribution in [-0.2, 0) is 11.3 Å². The highest BCUT2D eigenvalue weighted by atomic mass is 16.2. The summed E-state index contributed by atoms with van der Waals surface area (Å²) in [5, 5.41) is 4.22. The molecule has 0 spiro atoms. The van der Waals surface area contributed by atoms with E-state index in [1.165, 1.54) is 10.9 Å². The molecule has 0 radical (unpaired) electrons. The molecule has 0 saturated heterocycles. The quantitative estimate of drug-likeness (QED) is 0.877. The van der Waals surface area contributed by atoms with E-state index in [1.54, 1.807) is 0 Å². The Morgan fingerprint density at radius 2 is 2.16 bits per heavy atom. The Balaban J connectivity index is 2.07. The highest BCUT2D eigenvalue weighted by Crippen LogP contribution is 2.17. The van der Waals surface area contributed by atoms with Crippen molar-refractivity contribution in [1.29, 1.82) is 0 Å². The van der Waals surface area contributed by atoms with Crippen molar-refractivity contribution in [3.8, 4) is 0 Å². The van der Waals surface area contributed by atoms with Gasteiger partial charge in [0.2, 0.25) is 5.91 Å². The zero-order chi connectivity index (χ0) is 13.8. The Kier molecular flexibility index (Phi) is 4.25. The Bertz CT molecular complexity index is 571. The van der Waals surface area contributed by atoms with Crippen LogP contribution in [0.2, 0.25) is 0 Å². The van der Waals surface area contributed by atoms with Crippen molar-refractivity contribution >= 4 is 16.8 Å². The van der Waals surface area contributed by atoms with Gasteiger partial charge < -0.3 is 9.88 Å². The molecule has 2 aromatic rings. The first-order valence-corrected chi connectivity index (χ1v) is 6.95. The maximum absolute atomic E-state index is 12.0. The van der Waals surface area contributed by atoms with Crippen molar-refractivity contribution in [1.82, 2.24) is 9.88 Å². The smallest absolute Gasteiger partial charge is 0.240 e. The van der Waals surface area contributed by atoms with Crippen molar-refractivity contribution in [2.75, 3.05) is 0 Å². The number of hydrogen-bond acceptors (Lipinski definition) is 1. The van der Waals surface area contributed by atoms with Gasteiger partial charge in [-0.25, -0.2) is 0 Å². The highest BCUT2D eigenvalue weighted by Gasteiger charge is 2.09. The summed E-state index contributed by atoms with van der Waals surface area (Å²) in [6.07, 6.45) is 4.10. The second kappa shape index (κ2) is 5.91. The number of hydrogen-bond donors (Lipinski definition) is 1. The normalized spacial score (nSPS) is 12.6. The van der Waals surface area contributed by atoms with Gasteiger partial charge in [0, 0.05) is 17.8 Å². The molecule has 0 bridgehead atoms. The SMILES string of the molecule is CCCC(C)NC(=O)Cn1ccc2cc(C)ccc21. The molecule has 1 unspecified atom stereocenters. The zero-order valence-corrected chi connectivity index (χ0v) is 11.9. The van der Waals surface area contributed by atoms with Crippen molar-refractivity contribution in [2.45, 2.75) is 46.2 Å². The molecule has 3 nitrogen and oxygen atoms in total. The lowest BCUT2D eigenvalue weighted by Gasteiger charge is -2.13. The van der Waals surface area contributed by atoms with Gasteiger partial charge in [-0.05, 0) is 43.9 Å². The van der Waals surface area contributed by atoms with E-state index in [2.05, 4.69) is 50.4 Å². The molecule has 19 heavy (non-hydrogen) atoms. The number of fused-ring (bicyclic) bond motifs is 1. The number of aromatic nitrogens is 1. The van der Waals surface area contributed by atoms with Crippen LogP contribution in [0.4, 0.5) is 0 Å². The van der Waals surface area contributed by atoms with Crippen molar-refractivity contribution in [3.05, 3.63) is 36.0 Å². The lowest BCUT2D eigenvalue weighted by molar-refractivity contribution is -0.122. The molecule has 0 fully saturated rings. The fraction of sp³-hybridized carbons (Fsp3) is 0.438. The van der Waals surface area contributed by atoms with Crippen LogP contribution in [-0.4, -0.2) is 16.5 Å². The zero-order valence-electron chi connectivity index (χ0n) is 11.9. The van der Waals surface area contributed by atoms with E-state index in [0.717, 1.165) is 18.4 Å². The van der Waals surface area contributed by atoms with Gasteiger partial charge in [0.15, 0.2) is 0 Å². The summed E-state index contributed by atoms with van der Waals surface area (Å²) in [6, 6.07) is 8.61. The standard InChI is InChI=1S/C16H22N2O/c1-4-5-13(3)17-16(19)11-18-9-8-14-10-12(2)6-7-15(14)18/h6-10,13H,4-5,11H2,1-3H3,(H,17,19). The van der Waals surface area contributed by atoms with Gasteiger partial charge in [-0.15, -0.1) is 0 Å². The van der Waals surface area contributed by atoms with Crippen LogP contribution in [0.3, 0.4) is 0 Å². The van der Waals surface area contributed by atoms with Gasteiger partial charge in [0.1, 0.15) is 6.54 Å². The molecule has 0 aliphatic heterocycles. The fourth-order valence-electron chi connectivity index (χ4n) is 2.44. The third-order valence-corrected chi connectivity index (χ3v) is 3.37. The predicted octanol–water partition coefficient (Wildman–Crippen LogP) is 3.25. The van der Waals surface area contributed by atoms with Crippen molar-refractivity contribution in [3.63, 3.8) is 0 Å². The molecule has 0 aliphatic carbocycles. The van der Waals surface area contributed by atoms with E-state index < -0.39 is 0 Å². The summed E-state index contributed by atoms with van der Waals surface area (Å²) >= 11 is 0. The Labute approximate surface area is 114 Å². The van der Waals surface area contributed by atoms with E-state index in [9.17, 15) is 4.79 Å². The van der Waals surface area contributed by atoms with Gasteiger partial charge in [-0.1, -0.05) is 25.0 Å². The maximum Gasteiger partial charge on any atom is 0.240 e. The average Bonchev–Trinajstić information content (AvgIpc) is 2.71. The lowest BCUT2D eigenvalue weighted by atomic mass is 10.2. The van der Waals surface area contributed by atoms with Gasteiger partial charge >= 0.3 is 0 Å². The molecule has 1 amide bonds. The molecule has 3 heteroatoms. The number of benzene rings is 1. The minimum absolute atomic E-state index is 0.0824. The van der Waals surface area contributed by atoms with E-state index in [4.69, 9.17) is 0 Å². The Morgan fingerprint density at radius 3 is 2.89 bits per heavy atom. The third-order valence-electron chi connectivity index (χ3n) is 3.37. The van der Waals surface area contributed by atoms with Crippen LogP contribution in [0.5, 0.6) is 0 Å². The molecule has 1 atom stereocenters. The Morgan fingerprint density at radius 1 is 1.37 bits per heavy atom. The largest absolute Gasteiger partial charge is 0.352 e. The van der Waals surface area contributed by atoms with E-state index in [0.29, 0.717) is 6.54 Å². The van der Waals surface area contributed by atoms with Crippen molar-refractivity contribution in [2.24, 2.45) is 0 Å². The monoisotopic (exact) mass is 258 g/mol. The summed E-state index contributed by atoms with van der Waals surface area (Å²) in [6.45, 7) is 6.65. The number of nitrogens with zero attached hydrogens (tertiary/aromatic N) is 1. The first-order valence-electron chi connectivity index (χ1n) is 6.95. The molecule has 1 aromatic carbocycles. The molecule has 1 heterocycles. The molecule has 1 N–H and O–H groups in total. The van der Waals surface area contributed by atoms with Crippen molar-refractivity contribution < 1.29 is 4.79 Å². The summed E-state index contributed by atoms with van der Waals surface area (Å²) in [4.78, 5) is 12.0. The van der Waals surface area contributed by atoms with Crippen LogP contribution in [0, 0.1) is 6.92 Å². The molecule has 102 valence electrons. The van der Waals surface area contributed by atoms with Gasteiger partial charge in [-0.3, -0.25) is 4.79 Å². The molecule has 0 saturated carbocycles. The average molecular weight is 258 g/mol. The summed E-state index contributed by atoms with van der Waals surface area (Å²) in [5.74, 6) is 0.0824. The molecular weight excluding hydrogens is 236 g/mol. The number of aryl methyl sites for hydroxylation is 1. The number of carbonyl (C=O) groups is 1. The van der Waals surface area contributed by atoms with Gasteiger partial charge in [0.05, 0.1) is 0 Å². The summed E-state index contributed by atoms with van der Waals surface area (Å²) < 4.78 is 2.00. The molecule has 2 rings (SSSR count). The number of rotatable bonds is 5.